The zero-order valence-corrected chi connectivity index (χ0v) is 8.87. The number of nitrogen functional groups attached to an aromatic ring is 1. The Balaban J connectivity index is 3.05. The lowest BCUT2D eigenvalue weighted by Gasteiger charge is -2.05. The van der Waals surface area contributed by atoms with E-state index in [0.29, 0.717) is 12.2 Å². The van der Waals surface area contributed by atoms with Gasteiger partial charge in [0.15, 0.2) is 0 Å². The second kappa shape index (κ2) is 4.13. The van der Waals surface area contributed by atoms with Crippen molar-refractivity contribution >= 4 is 5.69 Å². The number of hydrogen-bond acceptors (Lipinski definition) is 2. The van der Waals surface area contributed by atoms with Gasteiger partial charge in [0, 0.05) is 18.8 Å². The average Bonchev–Trinajstić information content (AvgIpc) is 2.09. The van der Waals surface area contributed by atoms with Gasteiger partial charge in [0.25, 0.3) is 5.56 Å². The maximum Gasteiger partial charge on any atom is 0.251 e. The number of rotatable bonds is 2. The SMILES string of the molecule is CC(C)=CCn1cc(N)c(C)cc1=O. The Morgan fingerprint density at radius 1 is 1.57 bits per heavy atom. The third-order valence-electron chi connectivity index (χ3n) is 2.07. The first kappa shape index (κ1) is 10.6. The van der Waals surface area contributed by atoms with Gasteiger partial charge in [-0.25, -0.2) is 0 Å². The Morgan fingerprint density at radius 2 is 2.21 bits per heavy atom. The molecule has 0 saturated heterocycles. The van der Waals surface area contributed by atoms with Gasteiger partial charge in [-0.15, -0.1) is 0 Å². The van der Waals surface area contributed by atoms with Crippen LogP contribution in [0.2, 0.25) is 0 Å². The largest absolute Gasteiger partial charge is 0.397 e. The van der Waals surface area contributed by atoms with Crippen molar-refractivity contribution in [2.45, 2.75) is 27.3 Å². The van der Waals surface area contributed by atoms with Gasteiger partial charge in [-0.1, -0.05) is 11.6 Å². The topological polar surface area (TPSA) is 48.0 Å². The zero-order chi connectivity index (χ0) is 10.7. The molecule has 0 aliphatic heterocycles. The maximum absolute atomic E-state index is 11.5. The minimum absolute atomic E-state index is 0.00537. The van der Waals surface area contributed by atoms with Gasteiger partial charge in [0.2, 0.25) is 0 Å². The van der Waals surface area contributed by atoms with Gasteiger partial charge in [-0.3, -0.25) is 4.79 Å². The molecule has 1 rings (SSSR count). The summed E-state index contributed by atoms with van der Waals surface area (Å²) >= 11 is 0. The molecule has 0 unspecified atom stereocenters. The summed E-state index contributed by atoms with van der Waals surface area (Å²) in [5.41, 5.74) is 8.40. The zero-order valence-electron chi connectivity index (χ0n) is 8.87. The predicted molar refractivity (Wildman–Crippen MR) is 59.3 cm³/mol. The van der Waals surface area contributed by atoms with Gasteiger partial charge in [-0.2, -0.15) is 0 Å². The van der Waals surface area contributed by atoms with Crippen LogP contribution in [0, 0.1) is 6.92 Å². The van der Waals surface area contributed by atoms with E-state index in [-0.39, 0.29) is 5.56 Å². The molecule has 3 heteroatoms. The van der Waals surface area contributed by atoms with Crippen LogP contribution in [0.1, 0.15) is 19.4 Å². The molecule has 0 saturated carbocycles. The monoisotopic (exact) mass is 192 g/mol. The quantitative estimate of drug-likeness (QED) is 0.725. The first-order chi connectivity index (χ1) is 6.50. The van der Waals surface area contributed by atoms with Crippen molar-refractivity contribution in [1.29, 1.82) is 0 Å². The highest BCUT2D eigenvalue weighted by Gasteiger charge is 1.98. The second-order valence-electron chi connectivity index (χ2n) is 3.68. The van der Waals surface area contributed by atoms with Crippen LogP contribution in [-0.2, 0) is 6.54 Å². The normalized spacial score (nSPS) is 9.93. The molecule has 0 aromatic carbocycles. The summed E-state index contributed by atoms with van der Waals surface area (Å²) in [7, 11) is 0. The molecule has 3 nitrogen and oxygen atoms in total. The van der Waals surface area contributed by atoms with E-state index in [1.54, 1.807) is 16.8 Å². The molecule has 1 aromatic heterocycles. The van der Waals surface area contributed by atoms with Gasteiger partial charge >= 0.3 is 0 Å². The molecule has 76 valence electrons. The van der Waals surface area contributed by atoms with Crippen LogP contribution < -0.4 is 11.3 Å². The number of pyridine rings is 1. The van der Waals surface area contributed by atoms with Gasteiger partial charge in [-0.05, 0) is 26.3 Å². The second-order valence-corrected chi connectivity index (χ2v) is 3.68. The molecule has 1 heterocycles. The van der Waals surface area contributed by atoms with Gasteiger partial charge in [0.1, 0.15) is 0 Å². The number of anilines is 1. The first-order valence-electron chi connectivity index (χ1n) is 4.60. The number of allylic oxidation sites excluding steroid dienone is 2. The summed E-state index contributed by atoms with van der Waals surface area (Å²) < 4.78 is 1.61. The number of hydrogen-bond donors (Lipinski definition) is 1. The van der Waals surface area contributed by atoms with Crippen molar-refractivity contribution in [3.63, 3.8) is 0 Å². The van der Waals surface area contributed by atoms with E-state index in [0.717, 1.165) is 5.56 Å². The molecule has 0 amide bonds. The molecule has 14 heavy (non-hydrogen) atoms. The summed E-state index contributed by atoms with van der Waals surface area (Å²) in [6.45, 7) is 6.43. The van der Waals surface area contributed by atoms with Crippen LogP contribution in [0.15, 0.2) is 28.7 Å². The number of aryl methyl sites for hydroxylation is 1. The minimum Gasteiger partial charge on any atom is -0.397 e. The summed E-state index contributed by atoms with van der Waals surface area (Å²) in [6, 6.07) is 1.56. The van der Waals surface area contributed by atoms with E-state index < -0.39 is 0 Å². The third kappa shape index (κ3) is 2.49. The summed E-state index contributed by atoms with van der Waals surface area (Å²) in [6.07, 6.45) is 3.69. The molecular formula is C11H16N2O. The molecule has 0 atom stereocenters. The maximum atomic E-state index is 11.5. The lowest BCUT2D eigenvalue weighted by atomic mass is 10.2. The first-order valence-corrected chi connectivity index (χ1v) is 4.60. The number of nitrogens with zero attached hydrogens (tertiary/aromatic N) is 1. The molecule has 0 radical (unpaired) electrons. The highest BCUT2D eigenvalue weighted by atomic mass is 16.1. The molecule has 1 aromatic rings. The minimum atomic E-state index is -0.00537. The van der Waals surface area contributed by atoms with Crippen molar-refractivity contribution in [3.8, 4) is 0 Å². The van der Waals surface area contributed by atoms with Crippen molar-refractivity contribution in [2.24, 2.45) is 0 Å². The van der Waals surface area contributed by atoms with Crippen LogP contribution in [0.4, 0.5) is 5.69 Å². The highest BCUT2D eigenvalue weighted by molar-refractivity contribution is 5.43. The molecular weight excluding hydrogens is 176 g/mol. The summed E-state index contributed by atoms with van der Waals surface area (Å²) in [4.78, 5) is 11.5. The van der Waals surface area contributed by atoms with Crippen LogP contribution in [0.5, 0.6) is 0 Å². The van der Waals surface area contributed by atoms with E-state index in [1.807, 2.05) is 26.8 Å². The Kier molecular flexibility index (Phi) is 3.12. The molecule has 0 spiro atoms. The Hall–Kier alpha value is -1.51. The smallest absolute Gasteiger partial charge is 0.251 e. The number of nitrogens with two attached hydrogens (primary N) is 1. The highest BCUT2D eigenvalue weighted by Crippen LogP contribution is 2.05. The lowest BCUT2D eigenvalue weighted by Crippen LogP contribution is -2.19. The molecule has 0 aliphatic carbocycles. The van der Waals surface area contributed by atoms with Crippen LogP contribution >= 0.6 is 0 Å². The standard InChI is InChI=1S/C11H16N2O/c1-8(2)4-5-13-7-10(12)9(3)6-11(13)14/h4,6-7H,5,12H2,1-3H3. The molecule has 0 fully saturated rings. The van der Waals surface area contributed by atoms with E-state index in [2.05, 4.69) is 0 Å². The predicted octanol–water partition coefficient (Wildman–Crippen LogP) is 1.71. The van der Waals surface area contributed by atoms with Crippen molar-refractivity contribution in [1.82, 2.24) is 4.57 Å². The molecule has 0 aliphatic rings. The van der Waals surface area contributed by atoms with Crippen LogP contribution in [0.3, 0.4) is 0 Å². The fourth-order valence-corrected chi connectivity index (χ4v) is 1.11. The van der Waals surface area contributed by atoms with E-state index in [1.165, 1.54) is 5.57 Å². The van der Waals surface area contributed by atoms with Crippen LogP contribution in [-0.4, -0.2) is 4.57 Å². The molecule has 2 N–H and O–H groups in total. The Labute approximate surface area is 83.9 Å². The Bertz CT molecular complexity index is 412. The van der Waals surface area contributed by atoms with Crippen LogP contribution in [0.25, 0.3) is 0 Å². The Morgan fingerprint density at radius 3 is 2.79 bits per heavy atom. The third-order valence-corrected chi connectivity index (χ3v) is 2.07. The average molecular weight is 192 g/mol. The van der Waals surface area contributed by atoms with Crippen molar-refractivity contribution in [2.75, 3.05) is 5.73 Å². The molecule has 0 bridgehead atoms. The number of aromatic nitrogens is 1. The van der Waals surface area contributed by atoms with E-state index in [9.17, 15) is 4.79 Å². The van der Waals surface area contributed by atoms with E-state index >= 15 is 0 Å². The summed E-state index contributed by atoms with van der Waals surface area (Å²) in [5.74, 6) is 0. The lowest BCUT2D eigenvalue weighted by molar-refractivity contribution is 0.774. The van der Waals surface area contributed by atoms with Gasteiger partial charge in [0.05, 0.1) is 5.69 Å². The van der Waals surface area contributed by atoms with Crippen molar-refractivity contribution < 1.29 is 0 Å². The summed E-state index contributed by atoms with van der Waals surface area (Å²) in [5, 5.41) is 0. The van der Waals surface area contributed by atoms with Gasteiger partial charge < -0.3 is 10.3 Å². The van der Waals surface area contributed by atoms with E-state index in [4.69, 9.17) is 5.73 Å². The fraction of sp³-hybridized carbons (Fsp3) is 0.364. The van der Waals surface area contributed by atoms with Crippen molar-refractivity contribution in [3.05, 3.63) is 39.8 Å². The fourth-order valence-electron chi connectivity index (χ4n) is 1.11.